The summed E-state index contributed by atoms with van der Waals surface area (Å²) in [6.07, 6.45) is 5.72. The number of anilines is 1. The molecule has 3 rings (SSSR count). The summed E-state index contributed by atoms with van der Waals surface area (Å²) in [6, 6.07) is 6.68. The van der Waals surface area contributed by atoms with E-state index in [2.05, 4.69) is 18.7 Å². The third-order valence-electron chi connectivity index (χ3n) is 4.75. The van der Waals surface area contributed by atoms with Gasteiger partial charge >= 0.3 is 0 Å². The van der Waals surface area contributed by atoms with Gasteiger partial charge in [-0.05, 0) is 51.7 Å². The van der Waals surface area contributed by atoms with Gasteiger partial charge in [0.1, 0.15) is 5.82 Å². The van der Waals surface area contributed by atoms with Crippen LogP contribution in [0.3, 0.4) is 0 Å². The van der Waals surface area contributed by atoms with Crippen LogP contribution in [0, 0.1) is 10.1 Å². The number of nitrogens with zero attached hydrogens (tertiary/aromatic N) is 4. The lowest BCUT2D eigenvalue weighted by Gasteiger charge is -2.23. The van der Waals surface area contributed by atoms with E-state index in [0.717, 1.165) is 37.4 Å². The van der Waals surface area contributed by atoms with E-state index in [1.165, 1.54) is 30.5 Å². The Morgan fingerprint density at radius 2 is 1.79 bits per heavy atom. The van der Waals surface area contributed by atoms with Crippen molar-refractivity contribution in [2.45, 2.75) is 46.0 Å². The van der Waals surface area contributed by atoms with Crippen LogP contribution in [0.4, 0.5) is 11.5 Å². The van der Waals surface area contributed by atoms with Crippen LogP contribution in [0.1, 0.15) is 44.4 Å². The van der Waals surface area contributed by atoms with E-state index in [-0.39, 0.29) is 10.6 Å². The fourth-order valence-corrected chi connectivity index (χ4v) is 3.46. The highest BCUT2D eigenvalue weighted by atomic mass is 16.6. The number of benzene rings is 1. The number of hydrogen-bond acceptors (Lipinski definition) is 4. The zero-order chi connectivity index (χ0) is 17.1. The Bertz CT molecular complexity index is 717. The second-order valence-corrected chi connectivity index (χ2v) is 6.17. The molecule has 1 aliphatic rings. The van der Waals surface area contributed by atoms with E-state index >= 15 is 0 Å². The highest BCUT2D eigenvalue weighted by Crippen LogP contribution is 2.32. The molecule has 1 heterocycles. The molecule has 0 amide bonds. The third-order valence-corrected chi connectivity index (χ3v) is 4.75. The summed E-state index contributed by atoms with van der Waals surface area (Å²) in [7, 11) is 0. The van der Waals surface area contributed by atoms with E-state index in [4.69, 9.17) is 5.10 Å². The molecule has 0 spiro atoms. The van der Waals surface area contributed by atoms with Gasteiger partial charge in [0.15, 0.2) is 0 Å². The average Bonchev–Trinajstić information content (AvgIpc) is 2.79. The van der Waals surface area contributed by atoms with Gasteiger partial charge in [-0.25, -0.2) is 4.68 Å². The molecular formula is C18H24N4O2. The smallest absolute Gasteiger partial charge is 0.269 e. The van der Waals surface area contributed by atoms with Crippen LogP contribution < -0.4 is 4.90 Å². The van der Waals surface area contributed by atoms with Gasteiger partial charge in [-0.15, -0.1) is 0 Å². The standard InChI is InChI=1S/C18H24N4O2/c1-3-20(4-2)18-16-8-6-5-7-9-17(16)19-21(18)14-10-12-15(13-11-14)22(23)24/h10-13H,3-9H2,1-2H3. The maximum atomic E-state index is 10.9. The van der Waals surface area contributed by atoms with Crippen LogP contribution in [-0.4, -0.2) is 27.8 Å². The predicted molar refractivity (Wildman–Crippen MR) is 95.0 cm³/mol. The highest BCUT2D eigenvalue weighted by Gasteiger charge is 2.23. The van der Waals surface area contributed by atoms with Crippen molar-refractivity contribution in [3.05, 3.63) is 45.6 Å². The second-order valence-electron chi connectivity index (χ2n) is 6.17. The topological polar surface area (TPSA) is 64.2 Å². The first kappa shape index (κ1) is 16.5. The van der Waals surface area contributed by atoms with Gasteiger partial charge in [-0.2, -0.15) is 5.10 Å². The Morgan fingerprint density at radius 1 is 1.12 bits per heavy atom. The molecule has 6 nitrogen and oxygen atoms in total. The van der Waals surface area contributed by atoms with Crippen molar-refractivity contribution >= 4 is 11.5 Å². The van der Waals surface area contributed by atoms with Gasteiger partial charge in [0.25, 0.3) is 5.69 Å². The average molecular weight is 328 g/mol. The molecule has 0 N–H and O–H groups in total. The van der Waals surface area contributed by atoms with Crippen molar-refractivity contribution in [1.82, 2.24) is 9.78 Å². The Kier molecular flexibility index (Phi) is 4.83. The summed E-state index contributed by atoms with van der Waals surface area (Å²) in [6.45, 7) is 6.14. The van der Waals surface area contributed by atoms with Crippen molar-refractivity contribution in [2.75, 3.05) is 18.0 Å². The van der Waals surface area contributed by atoms with E-state index in [1.807, 2.05) is 4.68 Å². The Morgan fingerprint density at radius 3 is 2.42 bits per heavy atom. The number of rotatable bonds is 5. The molecule has 2 aromatic rings. The molecule has 1 aromatic heterocycles. The van der Waals surface area contributed by atoms with Crippen LogP contribution >= 0.6 is 0 Å². The number of hydrogen-bond donors (Lipinski definition) is 0. The number of non-ortho nitro benzene ring substituents is 1. The van der Waals surface area contributed by atoms with Crippen LogP contribution in [0.25, 0.3) is 5.69 Å². The molecule has 0 saturated heterocycles. The zero-order valence-corrected chi connectivity index (χ0v) is 14.4. The molecule has 0 atom stereocenters. The fraction of sp³-hybridized carbons (Fsp3) is 0.500. The SMILES string of the molecule is CCN(CC)c1c2c(nn1-c1ccc([N+](=O)[O-])cc1)CCCCC2. The largest absolute Gasteiger partial charge is 0.357 e. The quantitative estimate of drug-likeness (QED) is 0.474. The van der Waals surface area contributed by atoms with E-state index in [1.54, 1.807) is 24.3 Å². The first-order chi connectivity index (χ1) is 11.7. The molecule has 0 radical (unpaired) electrons. The highest BCUT2D eigenvalue weighted by molar-refractivity contribution is 5.56. The van der Waals surface area contributed by atoms with Gasteiger partial charge < -0.3 is 4.90 Å². The minimum Gasteiger partial charge on any atom is -0.357 e. The summed E-state index contributed by atoms with van der Waals surface area (Å²) >= 11 is 0. The number of nitro benzene ring substituents is 1. The van der Waals surface area contributed by atoms with Crippen molar-refractivity contribution in [1.29, 1.82) is 0 Å². The normalized spacial score (nSPS) is 14.1. The first-order valence-corrected chi connectivity index (χ1v) is 8.76. The van der Waals surface area contributed by atoms with Gasteiger partial charge in [-0.3, -0.25) is 10.1 Å². The first-order valence-electron chi connectivity index (χ1n) is 8.76. The van der Waals surface area contributed by atoms with E-state index in [0.29, 0.717) is 0 Å². The van der Waals surface area contributed by atoms with Crippen LogP contribution in [0.15, 0.2) is 24.3 Å². The van der Waals surface area contributed by atoms with Crippen molar-refractivity contribution in [2.24, 2.45) is 0 Å². The molecule has 0 fully saturated rings. The lowest BCUT2D eigenvalue weighted by atomic mass is 10.1. The molecule has 0 unspecified atom stereocenters. The van der Waals surface area contributed by atoms with Crippen molar-refractivity contribution in [3.8, 4) is 5.69 Å². The van der Waals surface area contributed by atoms with Crippen LogP contribution in [0.5, 0.6) is 0 Å². The predicted octanol–water partition coefficient (Wildman–Crippen LogP) is 3.90. The monoisotopic (exact) mass is 328 g/mol. The van der Waals surface area contributed by atoms with E-state index < -0.39 is 0 Å². The summed E-state index contributed by atoms with van der Waals surface area (Å²) in [5, 5.41) is 15.8. The fourth-order valence-electron chi connectivity index (χ4n) is 3.46. The number of nitro groups is 1. The Hall–Kier alpha value is -2.37. The van der Waals surface area contributed by atoms with Crippen molar-refractivity contribution < 1.29 is 4.92 Å². The maximum Gasteiger partial charge on any atom is 0.269 e. The minimum absolute atomic E-state index is 0.108. The summed E-state index contributed by atoms with van der Waals surface area (Å²) < 4.78 is 1.98. The lowest BCUT2D eigenvalue weighted by Crippen LogP contribution is -2.25. The number of aryl methyl sites for hydroxylation is 1. The molecular weight excluding hydrogens is 304 g/mol. The molecule has 6 heteroatoms. The zero-order valence-electron chi connectivity index (χ0n) is 14.4. The second kappa shape index (κ2) is 7.03. The Labute approximate surface area is 142 Å². The minimum atomic E-state index is -0.368. The molecule has 24 heavy (non-hydrogen) atoms. The summed E-state index contributed by atoms with van der Waals surface area (Å²) in [5.41, 5.74) is 3.54. The molecule has 0 aliphatic heterocycles. The molecule has 1 aliphatic carbocycles. The summed E-state index contributed by atoms with van der Waals surface area (Å²) in [4.78, 5) is 12.9. The molecule has 128 valence electrons. The Balaban J connectivity index is 2.10. The summed E-state index contributed by atoms with van der Waals surface area (Å²) in [5.74, 6) is 1.16. The van der Waals surface area contributed by atoms with Gasteiger partial charge in [0.2, 0.25) is 0 Å². The molecule has 1 aromatic carbocycles. The number of fused-ring (bicyclic) bond motifs is 1. The maximum absolute atomic E-state index is 10.9. The van der Waals surface area contributed by atoms with Gasteiger partial charge in [0, 0.05) is 30.8 Å². The number of aromatic nitrogens is 2. The molecule has 0 bridgehead atoms. The van der Waals surface area contributed by atoms with E-state index in [9.17, 15) is 10.1 Å². The van der Waals surface area contributed by atoms with Gasteiger partial charge in [0.05, 0.1) is 16.3 Å². The van der Waals surface area contributed by atoms with Gasteiger partial charge in [-0.1, -0.05) is 6.42 Å². The van der Waals surface area contributed by atoms with Crippen molar-refractivity contribution in [3.63, 3.8) is 0 Å². The lowest BCUT2D eigenvalue weighted by molar-refractivity contribution is -0.384. The molecule has 0 saturated carbocycles. The van der Waals surface area contributed by atoms with Crippen LogP contribution in [0.2, 0.25) is 0 Å². The van der Waals surface area contributed by atoms with Crippen LogP contribution in [-0.2, 0) is 12.8 Å². The third kappa shape index (κ3) is 3.00.